The lowest BCUT2D eigenvalue weighted by molar-refractivity contribution is -0.245. The minimum absolute atomic E-state index is 0.00615. The number of aliphatic hydroxyl groups is 1. The number of halogens is 4. The summed E-state index contributed by atoms with van der Waals surface area (Å²) in [4.78, 5) is 0. The van der Waals surface area contributed by atoms with E-state index < -0.39 is 29.7 Å². The zero-order valence-electron chi connectivity index (χ0n) is 17.1. The molecule has 6 nitrogen and oxygen atoms in total. The first-order valence-corrected chi connectivity index (χ1v) is 9.58. The number of nitrogens with two attached hydrogens (primary N) is 2. The van der Waals surface area contributed by atoms with Gasteiger partial charge in [-0.1, -0.05) is 6.92 Å². The van der Waals surface area contributed by atoms with Crippen molar-refractivity contribution in [1.29, 1.82) is 5.26 Å². The van der Waals surface area contributed by atoms with Crippen molar-refractivity contribution >= 4 is 5.52 Å². The van der Waals surface area contributed by atoms with Crippen LogP contribution >= 0.6 is 0 Å². The molecule has 0 saturated carbocycles. The van der Waals surface area contributed by atoms with Crippen LogP contribution in [-0.4, -0.2) is 26.3 Å². The first-order chi connectivity index (χ1) is 15.0. The van der Waals surface area contributed by atoms with Crippen molar-refractivity contribution in [2.75, 3.05) is 0 Å². The van der Waals surface area contributed by atoms with Gasteiger partial charge in [-0.15, -0.1) is 0 Å². The molecule has 1 aromatic carbocycles. The molecule has 0 aliphatic heterocycles. The molecule has 1 atom stereocenters. The number of fused-ring (bicyclic) bond motifs is 1. The fraction of sp³-hybridized carbons (Fsp3) is 0.227. The lowest BCUT2D eigenvalue weighted by Gasteiger charge is -2.30. The molecule has 0 saturated heterocycles. The highest BCUT2D eigenvalue weighted by molar-refractivity contribution is 5.75. The first-order valence-electron chi connectivity index (χ1n) is 9.58. The van der Waals surface area contributed by atoms with E-state index in [1.54, 1.807) is 40.9 Å². The van der Waals surface area contributed by atoms with Gasteiger partial charge in [-0.05, 0) is 54.4 Å². The van der Waals surface area contributed by atoms with Gasteiger partial charge in [0.1, 0.15) is 11.9 Å². The third-order valence-electron chi connectivity index (χ3n) is 5.20. The van der Waals surface area contributed by atoms with Gasteiger partial charge in [0, 0.05) is 23.5 Å². The van der Waals surface area contributed by atoms with Crippen LogP contribution in [0, 0.1) is 17.1 Å². The van der Waals surface area contributed by atoms with Crippen LogP contribution in [0.15, 0.2) is 60.6 Å². The second-order valence-electron chi connectivity index (χ2n) is 7.32. The SMILES string of the molecule is CCC(O)(/C(N)=C/N(N)Cc1ccn2c(-c3ccc(F)cc3)c(C#N)cc2c1)C(F)(F)F. The zero-order chi connectivity index (χ0) is 23.7. The van der Waals surface area contributed by atoms with Gasteiger partial charge in [-0.3, -0.25) is 0 Å². The van der Waals surface area contributed by atoms with Crippen LogP contribution in [0.3, 0.4) is 0 Å². The second-order valence-corrected chi connectivity index (χ2v) is 7.32. The van der Waals surface area contributed by atoms with Crippen LogP contribution < -0.4 is 11.6 Å². The fourth-order valence-electron chi connectivity index (χ4n) is 3.42. The van der Waals surface area contributed by atoms with Crippen LogP contribution in [-0.2, 0) is 6.54 Å². The molecule has 168 valence electrons. The molecule has 2 heterocycles. The highest BCUT2D eigenvalue weighted by atomic mass is 19.4. The molecule has 0 bridgehead atoms. The Kier molecular flexibility index (Phi) is 6.16. The molecule has 0 fully saturated rings. The van der Waals surface area contributed by atoms with Crippen LogP contribution in [0.2, 0.25) is 0 Å². The number of hydrogen-bond donors (Lipinski definition) is 3. The number of nitriles is 1. The van der Waals surface area contributed by atoms with Gasteiger partial charge in [-0.2, -0.15) is 18.4 Å². The summed E-state index contributed by atoms with van der Waals surface area (Å²) in [6.45, 7) is 1.16. The quantitative estimate of drug-likeness (QED) is 0.303. The van der Waals surface area contributed by atoms with E-state index in [1.165, 1.54) is 19.1 Å². The number of alkyl halides is 3. The predicted molar refractivity (Wildman–Crippen MR) is 111 cm³/mol. The Morgan fingerprint density at radius 1 is 1.22 bits per heavy atom. The minimum atomic E-state index is -4.95. The Morgan fingerprint density at radius 3 is 2.44 bits per heavy atom. The number of hydrazine groups is 1. The summed E-state index contributed by atoms with van der Waals surface area (Å²) < 4.78 is 54.5. The van der Waals surface area contributed by atoms with E-state index in [2.05, 4.69) is 6.07 Å². The number of benzene rings is 1. The Balaban J connectivity index is 1.91. The fourth-order valence-corrected chi connectivity index (χ4v) is 3.42. The molecular weight excluding hydrogens is 426 g/mol. The normalized spacial score (nSPS) is 14.2. The van der Waals surface area contributed by atoms with Crippen LogP contribution in [0.5, 0.6) is 0 Å². The molecule has 0 aliphatic rings. The van der Waals surface area contributed by atoms with Gasteiger partial charge in [-0.25, -0.2) is 10.2 Å². The lowest BCUT2D eigenvalue weighted by atomic mass is 9.96. The third kappa shape index (κ3) is 4.26. The van der Waals surface area contributed by atoms with Gasteiger partial charge in [0.05, 0.1) is 23.5 Å². The smallest absolute Gasteiger partial charge is 0.398 e. The molecule has 1 unspecified atom stereocenters. The van der Waals surface area contributed by atoms with Crippen LogP contribution in [0.1, 0.15) is 24.5 Å². The van der Waals surface area contributed by atoms with Crippen LogP contribution in [0.25, 0.3) is 16.8 Å². The molecule has 2 aromatic heterocycles. The van der Waals surface area contributed by atoms with Crippen molar-refractivity contribution < 1.29 is 22.7 Å². The molecular formula is C22H21F4N5O. The second kappa shape index (κ2) is 8.53. The first kappa shape index (κ1) is 23.1. The Labute approximate surface area is 181 Å². The average Bonchev–Trinajstić information content (AvgIpc) is 3.10. The average molecular weight is 447 g/mol. The maximum atomic E-state index is 13.3. The highest BCUT2D eigenvalue weighted by Gasteiger charge is 2.54. The van der Waals surface area contributed by atoms with Crippen molar-refractivity contribution in [2.45, 2.75) is 31.7 Å². The standard InChI is InChI=1S/C22H21F4N5O/c1-2-21(32,22(24,25)26)19(28)13-30(29)12-14-7-8-31-18(9-14)10-16(11-27)20(31)15-3-5-17(23)6-4-15/h3-10,13,32H,2,12,28-29H2,1H3/b19-13-. The monoisotopic (exact) mass is 447 g/mol. The van der Waals surface area contributed by atoms with Crippen LogP contribution in [0.4, 0.5) is 17.6 Å². The largest absolute Gasteiger partial charge is 0.422 e. The molecule has 0 amide bonds. The van der Waals surface area contributed by atoms with Crippen molar-refractivity contribution in [3.63, 3.8) is 0 Å². The topological polar surface area (TPSA) is 104 Å². The van der Waals surface area contributed by atoms with Crippen molar-refractivity contribution in [2.24, 2.45) is 11.6 Å². The summed E-state index contributed by atoms with van der Waals surface area (Å²) in [7, 11) is 0. The van der Waals surface area contributed by atoms with E-state index in [0.29, 0.717) is 27.9 Å². The highest BCUT2D eigenvalue weighted by Crippen LogP contribution is 2.37. The minimum Gasteiger partial charge on any atom is -0.398 e. The maximum Gasteiger partial charge on any atom is 0.422 e. The summed E-state index contributed by atoms with van der Waals surface area (Å²) in [6.07, 6.45) is -3.07. The number of pyridine rings is 1. The van der Waals surface area contributed by atoms with Crippen molar-refractivity contribution in [1.82, 2.24) is 9.41 Å². The Bertz CT molecular complexity index is 1190. The molecule has 3 rings (SSSR count). The van der Waals surface area contributed by atoms with E-state index in [-0.39, 0.29) is 6.54 Å². The number of aromatic nitrogens is 1. The molecule has 0 aliphatic carbocycles. The number of nitrogens with zero attached hydrogens (tertiary/aromatic N) is 3. The molecule has 5 N–H and O–H groups in total. The van der Waals surface area contributed by atoms with E-state index in [9.17, 15) is 27.9 Å². The molecule has 3 aromatic rings. The van der Waals surface area contributed by atoms with Gasteiger partial charge in [0.2, 0.25) is 5.60 Å². The zero-order valence-corrected chi connectivity index (χ0v) is 17.1. The van der Waals surface area contributed by atoms with E-state index in [0.717, 1.165) is 11.2 Å². The van der Waals surface area contributed by atoms with Crippen molar-refractivity contribution in [3.05, 3.63) is 77.5 Å². The molecule has 0 radical (unpaired) electrons. The number of hydrogen-bond acceptors (Lipinski definition) is 5. The summed E-state index contributed by atoms with van der Waals surface area (Å²) in [5.41, 5.74) is 4.40. The van der Waals surface area contributed by atoms with E-state index >= 15 is 0 Å². The Hall–Kier alpha value is -3.55. The molecule has 10 heteroatoms. The summed E-state index contributed by atoms with van der Waals surface area (Å²) in [5, 5.41) is 20.4. The lowest BCUT2D eigenvalue weighted by Crippen LogP contribution is -2.49. The summed E-state index contributed by atoms with van der Waals surface area (Å²) >= 11 is 0. The van der Waals surface area contributed by atoms with E-state index in [1.807, 2.05) is 0 Å². The number of rotatable bonds is 6. The van der Waals surface area contributed by atoms with E-state index in [4.69, 9.17) is 11.6 Å². The van der Waals surface area contributed by atoms with Gasteiger partial charge in [0.15, 0.2) is 0 Å². The van der Waals surface area contributed by atoms with Crippen molar-refractivity contribution in [3.8, 4) is 17.3 Å². The van der Waals surface area contributed by atoms with Gasteiger partial charge < -0.3 is 20.2 Å². The maximum absolute atomic E-state index is 13.3. The molecule has 0 spiro atoms. The third-order valence-corrected chi connectivity index (χ3v) is 5.20. The summed E-state index contributed by atoms with van der Waals surface area (Å²) in [6, 6.07) is 12.9. The summed E-state index contributed by atoms with van der Waals surface area (Å²) in [5.74, 6) is 5.42. The van der Waals surface area contributed by atoms with Gasteiger partial charge >= 0.3 is 6.18 Å². The Morgan fingerprint density at radius 2 is 1.88 bits per heavy atom. The van der Waals surface area contributed by atoms with Gasteiger partial charge in [0.25, 0.3) is 0 Å². The molecule has 32 heavy (non-hydrogen) atoms. The predicted octanol–water partition coefficient (Wildman–Crippen LogP) is 3.80.